The molecule has 96 valence electrons. The lowest BCUT2D eigenvalue weighted by Gasteiger charge is -2.04. The molecule has 1 heterocycles. The summed E-state index contributed by atoms with van der Waals surface area (Å²) in [7, 11) is 4.27. The molecule has 0 radical (unpaired) electrons. The number of aromatic nitrogens is 1. The topological polar surface area (TPSA) is 52.8 Å². The van der Waals surface area contributed by atoms with Crippen molar-refractivity contribution in [2.24, 2.45) is 4.99 Å². The van der Waals surface area contributed by atoms with Gasteiger partial charge in [-0.3, -0.25) is 4.99 Å². The smallest absolute Gasteiger partial charge is 0.198 e. The van der Waals surface area contributed by atoms with Gasteiger partial charge in [-0.25, -0.2) is 0 Å². The molecule has 1 aromatic carbocycles. The second-order valence-corrected chi connectivity index (χ2v) is 4.78. The van der Waals surface area contributed by atoms with Crippen LogP contribution in [0.15, 0.2) is 29.3 Å². The minimum atomic E-state index is 0.193. The third-order valence-corrected chi connectivity index (χ3v) is 2.91. The van der Waals surface area contributed by atoms with E-state index >= 15 is 0 Å². The van der Waals surface area contributed by atoms with Crippen LogP contribution in [0.25, 0.3) is 10.9 Å². The van der Waals surface area contributed by atoms with Crippen LogP contribution in [0.1, 0.15) is 12.0 Å². The zero-order valence-corrected chi connectivity index (χ0v) is 10.9. The van der Waals surface area contributed by atoms with Crippen LogP contribution in [-0.2, 0) is 0 Å². The Morgan fingerprint density at radius 3 is 2.89 bits per heavy atom. The first kappa shape index (κ1) is 12.6. The van der Waals surface area contributed by atoms with Crippen LogP contribution in [0.4, 0.5) is 0 Å². The Kier molecular flexibility index (Phi) is 3.99. The van der Waals surface area contributed by atoms with Crippen molar-refractivity contribution in [2.75, 3.05) is 27.2 Å². The molecule has 0 atom stereocenters. The number of H-pyrrole nitrogens is 1. The number of hydrogen-bond acceptors (Lipinski definition) is 2. The number of nitrogens with one attached hydrogen (secondary N) is 2. The minimum absolute atomic E-state index is 0.193. The molecule has 0 bridgehead atoms. The van der Waals surface area contributed by atoms with Crippen LogP contribution in [0.3, 0.4) is 0 Å². The Bertz CT molecular complexity index is 543. The van der Waals surface area contributed by atoms with E-state index in [1.165, 1.54) is 4.90 Å². The van der Waals surface area contributed by atoms with E-state index < -0.39 is 0 Å². The highest BCUT2D eigenvalue weighted by Crippen LogP contribution is 2.24. The Morgan fingerprint density at radius 2 is 2.11 bits per heavy atom. The number of fused-ring (bicyclic) bond motifs is 1. The maximum atomic E-state index is 9.83. The van der Waals surface area contributed by atoms with Gasteiger partial charge in [-0.15, -0.1) is 0 Å². The molecular formula is C14H20N3O+. The first-order valence-electron chi connectivity index (χ1n) is 6.27. The second-order valence-electron chi connectivity index (χ2n) is 4.78. The lowest BCUT2D eigenvalue weighted by Crippen LogP contribution is -3.05. The van der Waals surface area contributed by atoms with Crippen molar-refractivity contribution in [3.63, 3.8) is 0 Å². The average molecular weight is 246 g/mol. The summed E-state index contributed by atoms with van der Waals surface area (Å²) >= 11 is 0. The number of rotatable bonds is 5. The van der Waals surface area contributed by atoms with Crippen molar-refractivity contribution < 1.29 is 10.0 Å². The standard InChI is InChI=1S/C14H19N3O/c1-17(2)9-5-8-15-10-12-11-6-3-4-7-13(11)16-14(12)18/h3-4,6-7,10,16,18H,5,8-9H2,1-2H3/p+1. The maximum absolute atomic E-state index is 9.83. The van der Waals surface area contributed by atoms with Crippen LogP contribution in [0, 0.1) is 0 Å². The van der Waals surface area contributed by atoms with Crippen LogP contribution >= 0.6 is 0 Å². The second kappa shape index (κ2) is 5.69. The van der Waals surface area contributed by atoms with E-state index in [-0.39, 0.29) is 5.88 Å². The highest BCUT2D eigenvalue weighted by Gasteiger charge is 2.07. The molecule has 0 aliphatic carbocycles. The van der Waals surface area contributed by atoms with E-state index in [1.807, 2.05) is 24.3 Å². The monoisotopic (exact) mass is 246 g/mol. The maximum Gasteiger partial charge on any atom is 0.198 e. The number of benzene rings is 1. The van der Waals surface area contributed by atoms with Crippen molar-refractivity contribution in [2.45, 2.75) is 6.42 Å². The normalized spacial score (nSPS) is 11.9. The van der Waals surface area contributed by atoms with Gasteiger partial charge in [-0.1, -0.05) is 18.2 Å². The number of para-hydroxylation sites is 1. The number of aromatic amines is 1. The van der Waals surface area contributed by atoms with Crippen molar-refractivity contribution in [1.29, 1.82) is 0 Å². The molecule has 4 nitrogen and oxygen atoms in total. The minimum Gasteiger partial charge on any atom is -0.494 e. The van der Waals surface area contributed by atoms with Gasteiger partial charge in [0.2, 0.25) is 0 Å². The summed E-state index contributed by atoms with van der Waals surface area (Å²) in [4.78, 5) is 8.76. The number of nitrogens with zero attached hydrogens (tertiary/aromatic N) is 1. The third kappa shape index (κ3) is 2.90. The zero-order chi connectivity index (χ0) is 13.0. The quantitative estimate of drug-likeness (QED) is 0.531. The van der Waals surface area contributed by atoms with E-state index in [0.29, 0.717) is 0 Å². The fraction of sp³-hybridized carbons (Fsp3) is 0.357. The molecule has 0 unspecified atom stereocenters. The van der Waals surface area contributed by atoms with Gasteiger partial charge < -0.3 is 15.0 Å². The predicted octanol–water partition coefficient (Wildman–Crippen LogP) is 0.827. The van der Waals surface area contributed by atoms with Gasteiger partial charge in [0.25, 0.3) is 0 Å². The molecule has 0 saturated carbocycles. The number of quaternary nitrogens is 1. The average Bonchev–Trinajstić information content (AvgIpc) is 2.65. The molecule has 0 saturated heterocycles. The summed E-state index contributed by atoms with van der Waals surface area (Å²) in [6.07, 6.45) is 2.82. The fourth-order valence-corrected chi connectivity index (χ4v) is 1.96. The Morgan fingerprint density at radius 1 is 1.33 bits per heavy atom. The number of aliphatic imine (C=N–C) groups is 1. The molecule has 0 fully saturated rings. The molecule has 18 heavy (non-hydrogen) atoms. The van der Waals surface area contributed by atoms with Crippen LogP contribution in [0.2, 0.25) is 0 Å². The summed E-state index contributed by atoms with van der Waals surface area (Å²) in [5.41, 5.74) is 1.72. The van der Waals surface area contributed by atoms with Crippen LogP contribution in [-0.4, -0.2) is 43.5 Å². The van der Waals surface area contributed by atoms with Gasteiger partial charge in [0.15, 0.2) is 5.88 Å². The summed E-state index contributed by atoms with van der Waals surface area (Å²) in [5, 5.41) is 10.8. The Hall–Kier alpha value is -1.81. The molecule has 0 amide bonds. The SMILES string of the molecule is C[NH+](C)CCCN=Cc1c(O)[nH]c2ccccc12. The molecule has 0 spiro atoms. The van der Waals surface area contributed by atoms with Gasteiger partial charge in [0.05, 0.1) is 26.2 Å². The third-order valence-electron chi connectivity index (χ3n) is 2.91. The van der Waals surface area contributed by atoms with E-state index in [0.717, 1.165) is 36.0 Å². The van der Waals surface area contributed by atoms with Crippen molar-refractivity contribution in [1.82, 2.24) is 4.98 Å². The largest absolute Gasteiger partial charge is 0.494 e. The van der Waals surface area contributed by atoms with Gasteiger partial charge >= 0.3 is 0 Å². The molecule has 2 aromatic rings. The summed E-state index contributed by atoms with van der Waals surface area (Å²) in [6.45, 7) is 1.90. The molecule has 0 aliphatic rings. The molecular weight excluding hydrogens is 226 g/mol. The Balaban J connectivity index is 2.07. The molecule has 2 rings (SSSR count). The lowest BCUT2D eigenvalue weighted by atomic mass is 10.2. The predicted molar refractivity (Wildman–Crippen MR) is 74.7 cm³/mol. The summed E-state index contributed by atoms with van der Waals surface area (Å²) in [6, 6.07) is 7.83. The molecule has 0 aliphatic heterocycles. The number of hydrogen-bond donors (Lipinski definition) is 3. The van der Waals surface area contributed by atoms with E-state index in [9.17, 15) is 5.11 Å². The van der Waals surface area contributed by atoms with Crippen LogP contribution in [0.5, 0.6) is 5.88 Å². The summed E-state index contributed by atoms with van der Waals surface area (Å²) in [5.74, 6) is 0.193. The van der Waals surface area contributed by atoms with E-state index in [4.69, 9.17) is 0 Å². The first-order chi connectivity index (χ1) is 8.68. The highest BCUT2D eigenvalue weighted by atomic mass is 16.3. The Labute approximate surface area is 107 Å². The van der Waals surface area contributed by atoms with Crippen molar-refractivity contribution in [3.8, 4) is 5.88 Å². The molecule has 1 aromatic heterocycles. The fourth-order valence-electron chi connectivity index (χ4n) is 1.96. The number of aromatic hydroxyl groups is 1. The lowest BCUT2D eigenvalue weighted by molar-refractivity contribution is -0.858. The van der Waals surface area contributed by atoms with Crippen LogP contribution < -0.4 is 4.90 Å². The molecule has 4 heteroatoms. The van der Waals surface area contributed by atoms with Gasteiger partial charge in [0, 0.05) is 30.1 Å². The van der Waals surface area contributed by atoms with E-state index in [2.05, 4.69) is 24.1 Å². The van der Waals surface area contributed by atoms with Gasteiger partial charge in [0.1, 0.15) is 0 Å². The van der Waals surface area contributed by atoms with E-state index in [1.54, 1.807) is 6.21 Å². The summed E-state index contributed by atoms with van der Waals surface area (Å²) < 4.78 is 0. The first-order valence-corrected chi connectivity index (χ1v) is 6.27. The highest BCUT2D eigenvalue weighted by molar-refractivity contribution is 6.01. The van der Waals surface area contributed by atoms with Gasteiger partial charge in [-0.05, 0) is 6.07 Å². The van der Waals surface area contributed by atoms with Crippen molar-refractivity contribution in [3.05, 3.63) is 29.8 Å². The van der Waals surface area contributed by atoms with Gasteiger partial charge in [-0.2, -0.15) is 0 Å². The van der Waals surface area contributed by atoms with Crippen molar-refractivity contribution >= 4 is 17.1 Å². The molecule has 3 N–H and O–H groups in total. The zero-order valence-electron chi connectivity index (χ0n) is 10.9.